The van der Waals surface area contributed by atoms with Crippen molar-refractivity contribution in [2.24, 2.45) is 0 Å². The van der Waals surface area contributed by atoms with E-state index in [9.17, 15) is 13.6 Å². The first-order chi connectivity index (χ1) is 9.08. The van der Waals surface area contributed by atoms with E-state index < -0.39 is 17.2 Å². The molecule has 96 valence electrons. The van der Waals surface area contributed by atoms with Gasteiger partial charge < -0.3 is 4.52 Å². The number of benzene rings is 1. The van der Waals surface area contributed by atoms with Crippen molar-refractivity contribution < 1.29 is 13.3 Å². The second-order valence-corrected chi connectivity index (χ2v) is 3.97. The summed E-state index contributed by atoms with van der Waals surface area (Å²) in [5.41, 5.74) is -0.255. The summed E-state index contributed by atoms with van der Waals surface area (Å²) in [6.45, 7) is 1.64. The molecule has 0 spiro atoms. The zero-order valence-corrected chi connectivity index (χ0v) is 9.72. The molecule has 19 heavy (non-hydrogen) atoms. The molecule has 0 atom stereocenters. The van der Waals surface area contributed by atoms with Crippen molar-refractivity contribution in [1.82, 2.24) is 14.9 Å². The van der Waals surface area contributed by atoms with E-state index in [4.69, 9.17) is 4.52 Å². The molecule has 3 rings (SSSR count). The molecule has 7 heteroatoms. The molecule has 0 N–H and O–H groups in total. The van der Waals surface area contributed by atoms with Crippen LogP contribution >= 0.6 is 0 Å². The molecule has 0 unspecified atom stereocenters. The van der Waals surface area contributed by atoms with Crippen molar-refractivity contribution in [3.63, 3.8) is 0 Å². The Morgan fingerprint density at radius 1 is 1.32 bits per heavy atom. The van der Waals surface area contributed by atoms with Crippen LogP contribution in [0.25, 0.3) is 16.6 Å². The van der Waals surface area contributed by atoms with Crippen molar-refractivity contribution in [1.29, 1.82) is 0 Å². The van der Waals surface area contributed by atoms with Crippen LogP contribution in [0.5, 0.6) is 0 Å². The highest BCUT2D eigenvalue weighted by Gasteiger charge is 2.15. The molecule has 0 saturated carbocycles. The van der Waals surface area contributed by atoms with Crippen LogP contribution in [-0.2, 0) is 0 Å². The monoisotopic (exact) mass is 263 g/mol. The van der Waals surface area contributed by atoms with E-state index in [-0.39, 0.29) is 11.2 Å². The van der Waals surface area contributed by atoms with E-state index in [1.54, 1.807) is 6.92 Å². The van der Waals surface area contributed by atoms with Crippen LogP contribution in [0.3, 0.4) is 0 Å². The average molecular weight is 263 g/mol. The van der Waals surface area contributed by atoms with Gasteiger partial charge in [-0.3, -0.25) is 4.79 Å². The van der Waals surface area contributed by atoms with Crippen molar-refractivity contribution in [3.05, 3.63) is 52.1 Å². The number of nitrogens with zero attached hydrogens (tertiary/aromatic N) is 3. The highest BCUT2D eigenvalue weighted by Crippen LogP contribution is 2.15. The smallest absolute Gasteiger partial charge is 0.301 e. The fourth-order valence-electron chi connectivity index (χ4n) is 1.81. The number of aromatic nitrogens is 3. The van der Waals surface area contributed by atoms with Gasteiger partial charge in [0.2, 0.25) is 0 Å². The lowest BCUT2D eigenvalue weighted by Crippen LogP contribution is -2.23. The first kappa shape index (κ1) is 11.5. The van der Waals surface area contributed by atoms with Gasteiger partial charge in [-0.05, 0) is 19.1 Å². The first-order valence-electron chi connectivity index (χ1n) is 5.37. The molecular weight excluding hydrogens is 256 g/mol. The number of halogens is 2. The number of aryl methyl sites for hydroxylation is 1. The zero-order chi connectivity index (χ0) is 13.6. The molecule has 0 bridgehead atoms. The van der Waals surface area contributed by atoms with Gasteiger partial charge >= 0.3 is 5.56 Å². The van der Waals surface area contributed by atoms with Crippen LogP contribution in [0.4, 0.5) is 8.78 Å². The van der Waals surface area contributed by atoms with Crippen LogP contribution < -0.4 is 5.56 Å². The van der Waals surface area contributed by atoms with Gasteiger partial charge in [-0.1, -0.05) is 5.16 Å². The second kappa shape index (κ2) is 3.98. The third-order valence-electron chi connectivity index (χ3n) is 2.74. The molecule has 1 aromatic carbocycles. The minimum atomic E-state index is -0.878. The lowest BCUT2D eigenvalue weighted by Gasteiger charge is -2.06. The van der Waals surface area contributed by atoms with E-state index in [0.29, 0.717) is 17.1 Å². The minimum Gasteiger partial charge on any atom is -0.363 e. The average Bonchev–Trinajstić information content (AvgIpc) is 2.84. The normalized spacial score (nSPS) is 11.1. The Morgan fingerprint density at radius 3 is 2.84 bits per heavy atom. The number of hydrogen-bond acceptors (Lipinski definition) is 4. The van der Waals surface area contributed by atoms with Crippen molar-refractivity contribution >= 4 is 10.9 Å². The van der Waals surface area contributed by atoms with Gasteiger partial charge in [0.1, 0.15) is 17.8 Å². The van der Waals surface area contributed by atoms with E-state index in [1.165, 1.54) is 6.26 Å². The topological polar surface area (TPSA) is 60.9 Å². The fourth-order valence-corrected chi connectivity index (χ4v) is 1.81. The maximum atomic E-state index is 13.7. The Bertz CT molecular complexity index is 839. The fraction of sp³-hybridized carbons (Fsp3) is 0.0833. The van der Waals surface area contributed by atoms with Crippen LogP contribution in [0.2, 0.25) is 0 Å². The van der Waals surface area contributed by atoms with Crippen LogP contribution in [0, 0.1) is 18.6 Å². The summed E-state index contributed by atoms with van der Waals surface area (Å²) < 4.78 is 32.1. The van der Waals surface area contributed by atoms with Gasteiger partial charge in [-0.2, -0.15) is 9.78 Å². The maximum Gasteiger partial charge on any atom is 0.301 e. The largest absolute Gasteiger partial charge is 0.363 e. The van der Waals surface area contributed by atoms with Gasteiger partial charge in [0, 0.05) is 6.07 Å². The van der Waals surface area contributed by atoms with Crippen LogP contribution in [0.1, 0.15) is 5.69 Å². The highest BCUT2D eigenvalue weighted by atomic mass is 19.1. The molecule has 0 aliphatic carbocycles. The van der Waals surface area contributed by atoms with Crippen molar-refractivity contribution in [2.45, 2.75) is 6.92 Å². The SMILES string of the molecule is Cc1nn(-c2ccc(F)cc2F)c(=O)c2nocc12. The Kier molecular flexibility index (Phi) is 2.41. The second-order valence-electron chi connectivity index (χ2n) is 3.97. The number of hydrogen-bond donors (Lipinski definition) is 0. The number of rotatable bonds is 1. The third-order valence-corrected chi connectivity index (χ3v) is 2.74. The van der Waals surface area contributed by atoms with E-state index in [0.717, 1.165) is 16.8 Å². The Morgan fingerprint density at radius 2 is 2.11 bits per heavy atom. The Balaban J connectivity index is 2.36. The lowest BCUT2D eigenvalue weighted by atomic mass is 10.2. The van der Waals surface area contributed by atoms with E-state index >= 15 is 0 Å². The third kappa shape index (κ3) is 1.70. The molecule has 0 saturated heterocycles. The molecule has 0 aliphatic heterocycles. The zero-order valence-electron chi connectivity index (χ0n) is 9.72. The van der Waals surface area contributed by atoms with Gasteiger partial charge in [-0.15, -0.1) is 0 Å². The standard InChI is InChI=1S/C12H7F2N3O2/c1-6-8-5-19-16-11(8)12(18)17(15-6)10-3-2-7(13)4-9(10)14/h2-5H,1H3. The molecule has 0 amide bonds. The Labute approximate surface area is 105 Å². The summed E-state index contributed by atoms with van der Waals surface area (Å²) >= 11 is 0. The maximum absolute atomic E-state index is 13.7. The quantitative estimate of drug-likeness (QED) is 0.673. The highest BCUT2D eigenvalue weighted by molar-refractivity contribution is 5.78. The summed E-state index contributed by atoms with van der Waals surface area (Å²) in [7, 11) is 0. The molecular formula is C12H7F2N3O2. The van der Waals surface area contributed by atoms with Crippen LogP contribution in [0.15, 0.2) is 33.8 Å². The van der Waals surface area contributed by atoms with E-state index in [1.807, 2.05) is 0 Å². The lowest BCUT2D eigenvalue weighted by molar-refractivity contribution is 0.427. The molecule has 3 aromatic rings. The molecule has 2 heterocycles. The van der Waals surface area contributed by atoms with Gasteiger partial charge in [-0.25, -0.2) is 8.78 Å². The first-order valence-corrected chi connectivity index (χ1v) is 5.37. The Hall–Kier alpha value is -2.57. The molecule has 5 nitrogen and oxygen atoms in total. The molecule has 0 radical (unpaired) electrons. The van der Waals surface area contributed by atoms with Crippen LogP contribution in [-0.4, -0.2) is 14.9 Å². The van der Waals surface area contributed by atoms with Gasteiger partial charge in [0.25, 0.3) is 0 Å². The predicted octanol–water partition coefficient (Wildman–Crippen LogP) is 1.96. The summed E-state index contributed by atoms with van der Waals surface area (Å²) in [5, 5.41) is 8.00. The van der Waals surface area contributed by atoms with E-state index in [2.05, 4.69) is 10.3 Å². The summed E-state index contributed by atoms with van der Waals surface area (Å²) in [5.74, 6) is -1.61. The van der Waals surface area contributed by atoms with Crippen molar-refractivity contribution in [3.8, 4) is 5.69 Å². The predicted molar refractivity (Wildman–Crippen MR) is 62.1 cm³/mol. The van der Waals surface area contributed by atoms with Crippen molar-refractivity contribution in [2.75, 3.05) is 0 Å². The summed E-state index contributed by atoms with van der Waals surface area (Å²) in [4.78, 5) is 12.1. The summed E-state index contributed by atoms with van der Waals surface area (Å²) in [6, 6.07) is 2.88. The molecule has 0 aliphatic rings. The summed E-state index contributed by atoms with van der Waals surface area (Å²) in [6.07, 6.45) is 1.30. The number of fused-ring (bicyclic) bond motifs is 1. The minimum absolute atomic E-state index is 0.0521. The van der Waals surface area contributed by atoms with Gasteiger partial charge in [0.15, 0.2) is 11.3 Å². The molecule has 0 fully saturated rings. The molecule has 2 aromatic heterocycles. The van der Waals surface area contributed by atoms with Gasteiger partial charge in [0.05, 0.1) is 11.1 Å².